The van der Waals surface area contributed by atoms with Crippen LogP contribution in [0.4, 0.5) is 0 Å². The second-order valence-corrected chi connectivity index (χ2v) is 8.68. The lowest BCUT2D eigenvalue weighted by Gasteiger charge is -2.27. The van der Waals surface area contributed by atoms with Gasteiger partial charge in [0.2, 0.25) is 10.0 Å². The van der Waals surface area contributed by atoms with Crippen molar-refractivity contribution in [1.82, 2.24) is 15.4 Å². The summed E-state index contributed by atoms with van der Waals surface area (Å²) in [6.45, 7) is 2.55. The molecule has 1 aromatic carbocycles. The number of nitrogens with zero attached hydrogens (tertiary/aromatic N) is 1. The number of hydrogen-bond acceptors (Lipinski definition) is 5. The Balaban J connectivity index is 1.73. The number of benzene rings is 1. The molecule has 0 aromatic heterocycles. The van der Waals surface area contributed by atoms with E-state index in [2.05, 4.69) is 20.3 Å². The van der Waals surface area contributed by atoms with Gasteiger partial charge in [-0.1, -0.05) is 30.3 Å². The Hall–Kier alpha value is -1.68. The van der Waals surface area contributed by atoms with Crippen molar-refractivity contribution < 1.29 is 18.3 Å². The van der Waals surface area contributed by atoms with Crippen molar-refractivity contribution in [2.24, 2.45) is 10.4 Å². The standard InChI is InChI=1S/C18H30N4O4S/c1-19-17(21-14-18(7-10-23)8-11-26-15-18)20-9-12-27(24,25)22-13-16-5-3-2-4-6-16/h2-6,22-23H,7-15H2,1H3,(H2,19,20,21). The number of nitrogens with one attached hydrogen (secondary N) is 3. The molecule has 1 unspecified atom stereocenters. The summed E-state index contributed by atoms with van der Waals surface area (Å²) in [4.78, 5) is 4.13. The first-order chi connectivity index (χ1) is 13.0. The average Bonchev–Trinajstić information content (AvgIpc) is 3.13. The van der Waals surface area contributed by atoms with Crippen molar-refractivity contribution in [3.05, 3.63) is 35.9 Å². The lowest BCUT2D eigenvalue weighted by Crippen LogP contribution is -2.46. The Morgan fingerprint density at radius 3 is 2.70 bits per heavy atom. The fourth-order valence-corrected chi connectivity index (χ4v) is 3.87. The van der Waals surface area contributed by atoms with Gasteiger partial charge in [0.05, 0.1) is 12.4 Å². The van der Waals surface area contributed by atoms with Crippen LogP contribution in [0.15, 0.2) is 35.3 Å². The highest BCUT2D eigenvalue weighted by Crippen LogP contribution is 2.31. The fraction of sp³-hybridized carbons (Fsp3) is 0.611. The zero-order valence-electron chi connectivity index (χ0n) is 15.8. The molecule has 9 heteroatoms. The summed E-state index contributed by atoms with van der Waals surface area (Å²) in [5.74, 6) is 0.489. The van der Waals surface area contributed by atoms with Gasteiger partial charge in [0.1, 0.15) is 0 Å². The number of aliphatic hydroxyl groups is 1. The molecule has 27 heavy (non-hydrogen) atoms. The molecule has 0 amide bonds. The topological polar surface area (TPSA) is 112 Å². The third kappa shape index (κ3) is 7.45. The Morgan fingerprint density at radius 2 is 2.07 bits per heavy atom. The van der Waals surface area contributed by atoms with Crippen LogP contribution >= 0.6 is 0 Å². The van der Waals surface area contributed by atoms with Crippen LogP contribution in [0.3, 0.4) is 0 Å². The third-order valence-corrected chi connectivity index (χ3v) is 6.01. The van der Waals surface area contributed by atoms with Gasteiger partial charge >= 0.3 is 0 Å². The summed E-state index contributed by atoms with van der Waals surface area (Å²) in [5.41, 5.74) is 0.815. The molecule has 1 aliphatic heterocycles. The predicted octanol–water partition coefficient (Wildman–Crippen LogP) is 0.0601. The highest BCUT2D eigenvalue weighted by atomic mass is 32.2. The van der Waals surface area contributed by atoms with Crippen LogP contribution in [0.25, 0.3) is 0 Å². The number of hydrogen-bond donors (Lipinski definition) is 4. The maximum atomic E-state index is 12.1. The Kier molecular flexibility index (Phi) is 8.49. The molecular weight excluding hydrogens is 368 g/mol. The second kappa shape index (κ2) is 10.6. The lowest BCUT2D eigenvalue weighted by atomic mass is 9.84. The van der Waals surface area contributed by atoms with Gasteiger partial charge in [-0.05, 0) is 18.4 Å². The maximum absolute atomic E-state index is 12.1. The van der Waals surface area contributed by atoms with Crippen LogP contribution in [0.1, 0.15) is 18.4 Å². The van der Waals surface area contributed by atoms with Crippen LogP contribution < -0.4 is 15.4 Å². The van der Waals surface area contributed by atoms with E-state index in [0.717, 1.165) is 12.0 Å². The van der Waals surface area contributed by atoms with Crippen LogP contribution in [-0.2, 0) is 21.3 Å². The normalized spacial score (nSPS) is 20.6. The first-order valence-electron chi connectivity index (χ1n) is 9.13. The number of sulfonamides is 1. The highest BCUT2D eigenvalue weighted by Gasteiger charge is 2.34. The maximum Gasteiger partial charge on any atom is 0.213 e. The number of ether oxygens (including phenoxy) is 1. The van der Waals surface area contributed by atoms with Crippen LogP contribution in [0.2, 0.25) is 0 Å². The molecule has 0 spiro atoms. The van der Waals surface area contributed by atoms with Gasteiger partial charge in [0, 0.05) is 45.3 Å². The van der Waals surface area contributed by atoms with Crippen LogP contribution in [0.5, 0.6) is 0 Å². The van der Waals surface area contributed by atoms with E-state index in [1.807, 2.05) is 30.3 Å². The lowest BCUT2D eigenvalue weighted by molar-refractivity contribution is 0.127. The van der Waals surface area contributed by atoms with E-state index < -0.39 is 10.0 Å². The van der Waals surface area contributed by atoms with Crippen molar-refractivity contribution in [3.8, 4) is 0 Å². The smallest absolute Gasteiger partial charge is 0.213 e. The molecule has 1 heterocycles. The monoisotopic (exact) mass is 398 g/mol. The molecule has 2 rings (SSSR count). The largest absolute Gasteiger partial charge is 0.396 e. The van der Waals surface area contributed by atoms with Crippen molar-refractivity contribution in [1.29, 1.82) is 0 Å². The molecular formula is C18H30N4O4S. The van der Waals surface area contributed by atoms with Gasteiger partial charge in [-0.2, -0.15) is 0 Å². The van der Waals surface area contributed by atoms with E-state index >= 15 is 0 Å². The van der Waals surface area contributed by atoms with E-state index in [9.17, 15) is 13.5 Å². The van der Waals surface area contributed by atoms with E-state index in [0.29, 0.717) is 32.1 Å². The van der Waals surface area contributed by atoms with Crippen molar-refractivity contribution in [2.75, 3.05) is 45.7 Å². The van der Waals surface area contributed by atoms with Gasteiger partial charge in [-0.15, -0.1) is 0 Å². The minimum absolute atomic E-state index is 0.0502. The minimum Gasteiger partial charge on any atom is -0.396 e. The summed E-state index contributed by atoms with van der Waals surface area (Å²) >= 11 is 0. The average molecular weight is 399 g/mol. The number of guanidine groups is 1. The van der Waals surface area contributed by atoms with E-state index in [4.69, 9.17) is 4.74 Å². The summed E-state index contributed by atoms with van der Waals surface area (Å²) < 4.78 is 32.3. The molecule has 8 nitrogen and oxygen atoms in total. The van der Waals surface area contributed by atoms with Crippen LogP contribution in [-0.4, -0.2) is 65.2 Å². The first kappa shape index (κ1) is 21.6. The first-order valence-corrected chi connectivity index (χ1v) is 10.8. The third-order valence-electron chi connectivity index (χ3n) is 4.68. The van der Waals surface area contributed by atoms with E-state index in [-0.39, 0.29) is 30.9 Å². The molecule has 1 fully saturated rings. The SMILES string of the molecule is CN=C(NCCS(=O)(=O)NCc1ccccc1)NCC1(CCO)CCOC1. The summed E-state index contributed by atoms with van der Waals surface area (Å²) in [6, 6.07) is 9.39. The number of rotatable bonds is 10. The predicted molar refractivity (Wildman–Crippen MR) is 106 cm³/mol. The molecule has 0 aliphatic carbocycles. The Morgan fingerprint density at radius 1 is 1.30 bits per heavy atom. The Labute approximate surface area is 161 Å². The fourth-order valence-electron chi connectivity index (χ4n) is 2.97. The van der Waals surface area contributed by atoms with Gasteiger partial charge in [-0.3, -0.25) is 4.99 Å². The molecule has 1 aliphatic rings. The quantitative estimate of drug-likeness (QED) is 0.328. The molecule has 1 aromatic rings. The number of aliphatic hydroxyl groups excluding tert-OH is 1. The molecule has 0 saturated carbocycles. The molecule has 4 N–H and O–H groups in total. The van der Waals surface area contributed by atoms with Gasteiger partial charge in [0.25, 0.3) is 0 Å². The highest BCUT2D eigenvalue weighted by molar-refractivity contribution is 7.89. The summed E-state index contributed by atoms with van der Waals surface area (Å²) in [6.07, 6.45) is 1.55. The van der Waals surface area contributed by atoms with Crippen molar-refractivity contribution in [3.63, 3.8) is 0 Å². The van der Waals surface area contributed by atoms with E-state index in [1.165, 1.54) is 0 Å². The van der Waals surface area contributed by atoms with Gasteiger partial charge in [-0.25, -0.2) is 13.1 Å². The molecule has 152 valence electrons. The molecule has 0 radical (unpaired) electrons. The zero-order chi connectivity index (χ0) is 19.6. The second-order valence-electron chi connectivity index (χ2n) is 6.75. The van der Waals surface area contributed by atoms with Crippen molar-refractivity contribution >= 4 is 16.0 Å². The summed E-state index contributed by atoms with van der Waals surface area (Å²) in [7, 11) is -1.74. The molecule has 1 saturated heterocycles. The summed E-state index contributed by atoms with van der Waals surface area (Å²) in [5, 5.41) is 15.5. The van der Waals surface area contributed by atoms with Gasteiger partial charge < -0.3 is 20.5 Å². The van der Waals surface area contributed by atoms with Crippen LogP contribution in [0, 0.1) is 5.41 Å². The number of aliphatic imine (C=N–C) groups is 1. The Bertz CT molecular complexity index is 689. The molecule has 0 bridgehead atoms. The van der Waals surface area contributed by atoms with Crippen molar-refractivity contribution in [2.45, 2.75) is 19.4 Å². The minimum atomic E-state index is -3.38. The zero-order valence-corrected chi connectivity index (χ0v) is 16.6. The molecule has 1 atom stereocenters. The van der Waals surface area contributed by atoms with Gasteiger partial charge in [0.15, 0.2) is 5.96 Å². The van der Waals surface area contributed by atoms with E-state index in [1.54, 1.807) is 7.05 Å².